The normalized spacial score (nSPS) is 11.4. The smallest absolute Gasteiger partial charge is 0.168 e. The first-order chi connectivity index (χ1) is 8.50. The average Bonchev–Trinajstić information content (AvgIpc) is 2.29. The predicted octanol–water partition coefficient (Wildman–Crippen LogP) is 2.58. The molecule has 0 aliphatic rings. The van der Waals surface area contributed by atoms with Crippen LogP contribution in [-0.2, 0) is 9.59 Å². The Bertz CT molecular complexity index is 450. The fourth-order valence-corrected chi connectivity index (χ4v) is 1.46. The number of hydrogen-bond acceptors (Lipinski definition) is 4. The van der Waals surface area contributed by atoms with Gasteiger partial charge in [-0.3, -0.25) is 14.6 Å². The number of carbonyl (C=O) groups is 2. The van der Waals surface area contributed by atoms with Crippen molar-refractivity contribution >= 4 is 17.3 Å². The third-order valence-electron chi connectivity index (χ3n) is 2.34. The average molecular weight is 246 g/mol. The predicted molar refractivity (Wildman–Crippen MR) is 71.1 cm³/mol. The van der Waals surface area contributed by atoms with Crippen LogP contribution < -0.4 is 5.32 Å². The van der Waals surface area contributed by atoms with Crippen molar-refractivity contribution in [3.05, 3.63) is 36.3 Å². The van der Waals surface area contributed by atoms with E-state index < -0.39 is 0 Å². The number of nitrogens with one attached hydrogen (secondary N) is 1. The van der Waals surface area contributed by atoms with E-state index in [1.807, 2.05) is 13.8 Å². The molecule has 0 saturated carbocycles. The lowest BCUT2D eigenvalue weighted by Gasteiger charge is -2.07. The van der Waals surface area contributed by atoms with Crippen LogP contribution in [0.2, 0.25) is 0 Å². The second-order valence-electron chi connectivity index (χ2n) is 4.52. The second kappa shape index (κ2) is 6.69. The first-order valence-corrected chi connectivity index (χ1v) is 5.91. The van der Waals surface area contributed by atoms with E-state index in [0.29, 0.717) is 6.42 Å². The Morgan fingerprint density at radius 2 is 1.94 bits per heavy atom. The first-order valence-electron chi connectivity index (χ1n) is 5.91. The van der Waals surface area contributed by atoms with Crippen LogP contribution in [0.4, 0.5) is 5.69 Å². The molecule has 0 bridgehead atoms. The van der Waals surface area contributed by atoms with Crippen LogP contribution in [0.1, 0.15) is 27.2 Å². The molecule has 1 N–H and O–H groups in total. The van der Waals surface area contributed by atoms with Crippen molar-refractivity contribution in [2.75, 3.05) is 5.32 Å². The third kappa shape index (κ3) is 4.49. The zero-order chi connectivity index (χ0) is 13.5. The molecule has 0 aliphatic heterocycles. The molecule has 0 fully saturated rings. The standard InChI is InChI=1S/C14H18N2O2/c1-10(2)8-14(18)13(11(3)17)9-16-12-4-6-15-7-5-12/h4-7,9-10H,8H2,1-3H3,(H,15,16)/b13-9-. The molecule has 0 amide bonds. The van der Waals surface area contributed by atoms with Gasteiger partial charge < -0.3 is 5.32 Å². The molecular formula is C14H18N2O2. The summed E-state index contributed by atoms with van der Waals surface area (Å²) in [5, 5.41) is 2.94. The molecule has 0 atom stereocenters. The fourth-order valence-electron chi connectivity index (χ4n) is 1.46. The maximum atomic E-state index is 11.9. The number of Topliss-reactive ketones (excluding diaryl/α,β-unsaturated/α-hetero) is 2. The van der Waals surface area contributed by atoms with Crippen LogP contribution in [-0.4, -0.2) is 16.6 Å². The monoisotopic (exact) mass is 246 g/mol. The highest BCUT2D eigenvalue weighted by molar-refractivity contribution is 6.19. The van der Waals surface area contributed by atoms with E-state index in [0.717, 1.165) is 5.69 Å². The van der Waals surface area contributed by atoms with Gasteiger partial charge in [-0.15, -0.1) is 0 Å². The van der Waals surface area contributed by atoms with Gasteiger partial charge in [0.1, 0.15) is 0 Å². The highest BCUT2D eigenvalue weighted by Gasteiger charge is 2.15. The molecule has 0 aliphatic carbocycles. The molecule has 1 heterocycles. The van der Waals surface area contributed by atoms with Gasteiger partial charge in [-0.1, -0.05) is 13.8 Å². The van der Waals surface area contributed by atoms with Gasteiger partial charge in [-0.2, -0.15) is 0 Å². The van der Waals surface area contributed by atoms with E-state index in [9.17, 15) is 9.59 Å². The van der Waals surface area contributed by atoms with Crippen LogP contribution >= 0.6 is 0 Å². The minimum atomic E-state index is -0.220. The highest BCUT2D eigenvalue weighted by Crippen LogP contribution is 2.10. The van der Waals surface area contributed by atoms with Gasteiger partial charge in [0.2, 0.25) is 0 Å². The molecule has 0 unspecified atom stereocenters. The zero-order valence-corrected chi connectivity index (χ0v) is 10.9. The van der Waals surface area contributed by atoms with Crippen molar-refractivity contribution in [2.45, 2.75) is 27.2 Å². The summed E-state index contributed by atoms with van der Waals surface area (Å²) < 4.78 is 0. The van der Waals surface area contributed by atoms with Crippen molar-refractivity contribution in [1.82, 2.24) is 4.98 Å². The summed E-state index contributed by atoms with van der Waals surface area (Å²) in [4.78, 5) is 27.2. The van der Waals surface area contributed by atoms with Gasteiger partial charge in [0.25, 0.3) is 0 Å². The minimum Gasteiger partial charge on any atom is -0.361 e. The van der Waals surface area contributed by atoms with Crippen LogP contribution in [0.25, 0.3) is 0 Å². The summed E-state index contributed by atoms with van der Waals surface area (Å²) in [6.07, 6.45) is 5.13. The van der Waals surface area contributed by atoms with Crippen molar-refractivity contribution in [1.29, 1.82) is 0 Å². The first kappa shape index (κ1) is 14.1. The van der Waals surface area contributed by atoms with Crippen molar-refractivity contribution in [3.63, 3.8) is 0 Å². The number of ketones is 2. The molecule has 1 rings (SSSR count). The Balaban J connectivity index is 2.79. The van der Waals surface area contributed by atoms with Crippen LogP contribution in [0.5, 0.6) is 0 Å². The Morgan fingerprint density at radius 1 is 1.33 bits per heavy atom. The van der Waals surface area contributed by atoms with Gasteiger partial charge in [-0.25, -0.2) is 0 Å². The molecule has 0 saturated heterocycles. The lowest BCUT2D eigenvalue weighted by Crippen LogP contribution is -2.14. The lowest BCUT2D eigenvalue weighted by molar-refractivity contribution is -0.120. The number of aromatic nitrogens is 1. The van der Waals surface area contributed by atoms with Gasteiger partial charge in [0, 0.05) is 30.7 Å². The topological polar surface area (TPSA) is 59.1 Å². The van der Waals surface area contributed by atoms with Gasteiger partial charge >= 0.3 is 0 Å². The largest absolute Gasteiger partial charge is 0.361 e. The Hall–Kier alpha value is -1.97. The van der Waals surface area contributed by atoms with Crippen molar-refractivity contribution in [3.8, 4) is 0 Å². The number of carbonyl (C=O) groups excluding carboxylic acids is 2. The molecule has 18 heavy (non-hydrogen) atoms. The molecular weight excluding hydrogens is 228 g/mol. The second-order valence-corrected chi connectivity index (χ2v) is 4.52. The Labute approximate surface area is 107 Å². The highest BCUT2D eigenvalue weighted by atomic mass is 16.1. The molecule has 4 heteroatoms. The SMILES string of the molecule is CC(=O)/C(=C/Nc1ccncc1)C(=O)CC(C)C. The number of rotatable bonds is 6. The van der Waals surface area contributed by atoms with Crippen LogP contribution in [0.3, 0.4) is 0 Å². The quantitative estimate of drug-likeness (QED) is 0.476. The van der Waals surface area contributed by atoms with Gasteiger partial charge in [0.15, 0.2) is 11.6 Å². The summed E-state index contributed by atoms with van der Waals surface area (Å²) in [5.74, 6) is -0.109. The summed E-state index contributed by atoms with van der Waals surface area (Å²) in [6.45, 7) is 5.30. The van der Waals surface area contributed by atoms with E-state index in [1.165, 1.54) is 13.1 Å². The van der Waals surface area contributed by atoms with E-state index in [2.05, 4.69) is 10.3 Å². The van der Waals surface area contributed by atoms with E-state index in [-0.39, 0.29) is 23.1 Å². The third-order valence-corrected chi connectivity index (χ3v) is 2.34. The van der Waals surface area contributed by atoms with Crippen LogP contribution in [0.15, 0.2) is 36.3 Å². The summed E-state index contributed by atoms with van der Waals surface area (Å²) in [5.41, 5.74) is 1.00. The summed E-state index contributed by atoms with van der Waals surface area (Å²) in [6, 6.07) is 3.53. The molecule has 0 radical (unpaired) electrons. The molecule has 0 spiro atoms. The van der Waals surface area contributed by atoms with Gasteiger partial charge in [-0.05, 0) is 25.0 Å². The minimum absolute atomic E-state index is 0.126. The van der Waals surface area contributed by atoms with Crippen LogP contribution in [0, 0.1) is 5.92 Å². The maximum absolute atomic E-state index is 11.9. The lowest BCUT2D eigenvalue weighted by atomic mass is 10.00. The molecule has 4 nitrogen and oxygen atoms in total. The van der Waals surface area contributed by atoms with Gasteiger partial charge in [0.05, 0.1) is 5.57 Å². The molecule has 0 aromatic carbocycles. The van der Waals surface area contributed by atoms with E-state index >= 15 is 0 Å². The Morgan fingerprint density at radius 3 is 2.44 bits per heavy atom. The molecule has 1 aromatic rings. The molecule has 1 aromatic heterocycles. The molecule has 96 valence electrons. The van der Waals surface area contributed by atoms with E-state index in [4.69, 9.17) is 0 Å². The van der Waals surface area contributed by atoms with E-state index in [1.54, 1.807) is 24.5 Å². The summed E-state index contributed by atoms with van der Waals surface area (Å²) in [7, 11) is 0. The number of hydrogen-bond donors (Lipinski definition) is 1. The number of allylic oxidation sites excluding steroid dienone is 1. The summed E-state index contributed by atoms with van der Waals surface area (Å²) >= 11 is 0. The Kier molecular flexibility index (Phi) is 5.24. The number of pyridine rings is 1. The number of nitrogens with zero attached hydrogens (tertiary/aromatic N) is 1. The van der Waals surface area contributed by atoms with Crippen molar-refractivity contribution < 1.29 is 9.59 Å². The zero-order valence-electron chi connectivity index (χ0n) is 10.9. The fraction of sp³-hybridized carbons (Fsp3) is 0.357. The van der Waals surface area contributed by atoms with Crippen molar-refractivity contribution in [2.24, 2.45) is 5.92 Å². The maximum Gasteiger partial charge on any atom is 0.168 e. The number of anilines is 1.